The molecule has 0 atom stereocenters. The van der Waals surface area contributed by atoms with E-state index in [0.29, 0.717) is 18.5 Å². The molecule has 1 spiro atoms. The van der Waals surface area contributed by atoms with Gasteiger partial charge in [-0.05, 0) is 43.2 Å². The SMILES string of the molecule is Nc1c(F)cccc1S(=O)(=O)N1CCC2(CCCC2)CC1. The fourth-order valence-corrected chi connectivity index (χ4v) is 5.27. The summed E-state index contributed by atoms with van der Waals surface area (Å²) in [6.45, 7) is 1.02. The number of halogens is 1. The molecule has 2 fully saturated rings. The smallest absolute Gasteiger partial charge is 0.245 e. The summed E-state index contributed by atoms with van der Waals surface area (Å²) in [6.07, 6.45) is 6.74. The Kier molecular flexibility index (Phi) is 3.69. The summed E-state index contributed by atoms with van der Waals surface area (Å²) in [6, 6.07) is 3.95. The molecule has 21 heavy (non-hydrogen) atoms. The van der Waals surface area contributed by atoms with Crippen LogP contribution in [-0.2, 0) is 10.0 Å². The number of piperidine rings is 1. The van der Waals surface area contributed by atoms with E-state index in [1.165, 1.54) is 48.2 Å². The van der Waals surface area contributed by atoms with Gasteiger partial charge in [0.05, 0.1) is 5.69 Å². The Morgan fingerprint density at radius 1 is 1.10 bits per heavy atom. The molecule has 1 aliphatic carbocycles. The molecule has 0 bridgehead atoms. The first-order valence-electron chi connectivity index (χ1n) is 7.49. The third kappa shape index (κ3) is 2.55. The normalized spacial score (nSPS) is 22.7. The van der Waals surface area contributed by atoms with Crippen molar-refractivity contribution in [3.8, 4) is 0 Å². The van der Waals surface area contributed by atoms with Crippen molar-refractivity contribution in [1.82, 2.24) is 4.31 Å². The van der Waals surface area contributed by atoms with Gasteiger partial charge >= 0.3 is 0 Å². The van der Waals surface area contributed by atoms with Crippen molar-refractivity contribution in [2.75, 3.05) is 18.8 Å². The molecule has 4 nitrogen and oxygen atoms in total. The average molecular weight is 312 g/mol. The number of rotatable bonds is 2. The number of nitrogen functional groups attached to an aromatic ring is 1. The van der Waals surface area contributed by atoms with Gasteiger partial charge in [-0.15, -0.1) is 0 Å². The lowest BCUT2D eigenvalue weighted by atomic mass is 9.78. The molecule has 3 rings (SSSR count). The molecular formula is C15H21FN2O2S. The van der Waals surface area contributed by atoms with Crippen molar-refractivity contribution in [3.05, 3.63) is 24.0 Å². The van der Waals surface area contributed by atoms with Crippen molar-refractivity contribution >= 4 is 15.7 Å². The Morgan fingerprint density at radius 2 is 1.71 bits per heavy atom. The van der Waals surface area contributed by atoms with Crippen LogP contribution in [0.1, 0.15) is 38.5 Å². The molecule has 116 valence electrons. The lowest BCUT2D eigenvalue weighted by Crippen LogP contribution is -2.42. The van der Waals surface area contributed by atoms with Crippen molar-refractivity contribution in [2.24, 2.45) is 5.41 Å². The van der Waals surface area contributed by atoms with Crippen LogP contribution in [-0.4, -0.2) is 25.8 Å². The second kappa shape index (κ2) is 5.25. The maximum atomic E-state index is 13.5. The number of nitrogens with two attached hydrogens (primary N) is 1. The summed E-state index contributed by atoms with van der Waals surface area (Å²) in [7, 11) is -3.69. The quantitative estimate of drug-likeness (QED) is 0.854. The van der Waals surface area contributed by atoms with Gasteiger partial charge in [0.15, 0.2) is 0 Å². The number of benzene rings is 1. The summed E-state index contributed by atoms with van der Waals surface area (Å²) < 4.78 is 40.3. The molecule has 0 unspecified atom stereocenters. The first kappa shape index (κ1) is 14.8. The molecule has 0 aromatic heterocycles. The Morgan fingerprint density at radius 3 is 2.33 bits per heavy atom. The summed E-state index contributed by atoms with van der Waals surface area (Å²) in [5, 5.41) is 0. The molecule has 6 heteroatoms. The number of hydrogen-bond donors (Lipinski definition) is 1. The third-order valence-corrected chi connectivity index (χ3v) is 7.03. The van der Waals surface area contributed by atoms with Gasteiger partial charge in [0, 0.05) is 13.1 Å². The number of para-hydroxylation sites is 1. The predicted molar refractivity (Wildman–Crippen MR) is 79.7 cm³/mol. The summed E-state index contributed by atoms with van der Waals surface area (Å²) in [4.78, 5) is -0.107. The van der Waals surface area contributed by atoms with E-state index in [-0.39, 0.29) is 10.6 Å². The molecule has 0 amide bonds. The Labute approximate surface area is 125 Å². The summed E-state index contributed by atoms with van der Waals surface area (Å²) >= 11 is 0. The maximum Gasteiger partial charge on any atom is 0.245 e. The van der Waals surface area contributed by atoms with E-state index in [4.69, 9.17) is 5.73 Å². The zero-order valence-corrected chi connectivity index (χ0v) is 12.8. The molecule has 2 aliphatic rings. The molecule has 1 aliphatic heterocycles. The van der Waals surface area contributed by atoms with Crippen LogP contribution in [0.15, 0.2) is 23.1 Å². The molecule has 2 N–H and O–H groups in total. The van der Waals surface area contributed by atoms with Gasteiger partial charge in [-0.3, -0.25) is 0 Å². The average Bonchev–Trinajstić information content (AvgIpc) is 2.90. The maximum absolute atomic E-state index is 13.5. The molecular weight excluding hydrogens is 291 g/mol. The number of hydrogen-bond acceptors (Lipinski definition) is 3. The van der Waals surface area contributed by atoms with Crippen LogP contribution in [0.5, 0.6) is 0 Å². The minimum Gasteiger partial charge on any atom is -0.395 e. The predicted octanol–water partition coefficient (Wildman–Crippen LogP) is 2.75. The molecule has 1 aromatic rings. The van der Waals surface area contributed by atoms with Crippen LogP contribution in [0.4, 0.5) is 10.1 Å². The van der Waals surface area contributed by atoms with Crippen LogP contribution in [0.2, 0.25) is 0 Å². The van der Waals surface area contributed by atoms with Crippen LogP contribution >= 0.6 is 0 Å². The minimum atomic E-state index is -3.69. The third-order valence-electron chi connectivity index (χ3n) is 5.08. The molecule has 1 heterocycles. The van der Waals surface area contributed by atoms with Crippen LogP contribution in [0.3, 0.4) is 0 Å². The Hall–Kier alpha value is -1.14. The van der Waals surface area contributed by atoms with E-state index in [2.05, 4.69) is 0 Å². The summed E-state index contributed by atoms with van der Waals surface area (Å²) in [5.74, 6) is -0.680. The van der Waals surface area contributed by atoms with Gasteiger partial charge in [0.1, 0.15) is 10.7 Å². The standard InChI is InChI=1S/C15H21FN2O2S/c16-12-4-3-5-13(14(12)17)21(19,20)18-10-8-15(9-11-18)6-1-2-7-15/h3-5H,1-2,6-11,17H2. The van der Waals surface area contributed by atoms with Gasteiger partial charge in [0.2, 0.25) is 10.0 Å². The highest BCUT2D eigenvalue weighted by Gasteiger charge is 2.40. The van der Waals surface area contributed by atoms with Crippen LogP contribution < -0.4 is 5.73 Å². The van der Waals surface area contributed by atoms with E-state index in [0.717, 1.165) is 12.8 Å². The van der Waals surface area contributed by atoms with E-state index >= 15 is 0 Å². The zero-order chi connectivity index (χ0) is 15.1. The lowest BCUT2D eigenvalue weighted by molar-refractivity contribution is 0.160. The van der Waals surface area contributed by atoms with Crippen molar-refractivity contribution < 1.29 is 12.8 Å². The topological polar surface area (TPSA) is 63.4 Å². The Bertz CT molecular complexity index is 629. The van der Waals surface area contributed by atoms with Crippen LogP contribution in [0, 0.1) is 11.2 Å². The van der Waals surface area contributed by atoms with E-state index in [1.807, 2.05) is 0 Å². The van der Waals surface area contributed by atoms with Crippen LogP contribution in [0.25, 0.3) is 0 Å². The first-order valence-corrected chi connectivity index (χ1v) is 8.93. The largest absolute Gasteiger partial charge is 0.395 e. The van der Waals surface area contributed by atoms with Gasteiger partial charge in [-0.25, -0.2) is 12.8 Å². The zero-order valence-electron chi connectivity index (χ0n) is 12.0. The fourth-order valence-electron chi connectivity index (χ4n) is 3.71. The van der Waals surface area contributed by atoms with Crippen molar-refractivity contribution in [2.45, 2.75) is 43.4 Å². The van der Waals surface area contributed by atoms with Crippen molar-refractivity contribution in [3.63, 3.8) is 0 Å². The van der Waals surface area contributed by atoms with E-state index in [9.17, 15) is 12.8 Å². The second-order valence-corrected chi connectivity index (χ2v) is 8.17. The second-order valence-electron chi connectivity index (χ2n) is 6.26. The molecule has 1 saturated carbocycles. The number of nitrogens with zero attached hydrogens (tertiary/aromatic N) is 1. The molecule has 0 radical (unpaired) electrons. The first-order chi connectivity index (χ1) is 9.95. The number of anilines is 1. The van der Waals surface area contributed by atoms with Crippen molar-refractivity contribution in [1.29, 1.82) is 0 Å². The van der Waals surface area contributed by atoms with Gasteiger partial charge in [-0.1, -0.05) is 18.9 Å². The molecule has 1 saturated heterocycles. The van der Waals surface area contributed by atoms with Gasteiger partial charge in [0.25, 0.3) is 0 Å². The number of sulfonamides is 1. The van der Waals surface area contributed by atoms with E-state index in [1.54, 1.807) is 0 Å². The minimum absolute atomic E-state index is 0.107. The van der Waals surface area contributed by atoms with Gasteiger partial charge in [-0.2, -0.15) is 4.31 Å². The summed E-state index contributed by atoms with van der Waals surface area (Å²) in [5.41, 5.74) is 5.68. The highest BCUT2D eigenvalue weighted by molar-refractivity contribution is 7.89. The molecule has 1 aromatic carbocycles. The highest BCUT2D eigenvalue weighted by Crippen LogP contribution is 2.46. The fraction of sp³-hybridized carbons (Fsp3) is 0.600. The lowest BCUT2D eigenvalue weighted by Gasteiger charge is -2.38. The van der Waals surface area contributed by atoms with Gasteiger partial charge < -0.3 is 5.73 Å². The highest BCUT2D eigenvalue weighted by atomic mass is 32.2. The van der Waals surface area contributed by atoms with E-state index < -0.39 is 15.8 Å². The monoisotopic (exact) mass is 312 g/mol. The Balaban J connectivity index is 1.82.